The number of nitriles is 1. The molecule has 0 N–H and O–H groups in total. The highest BCUT2D eigenvalue weighted by atomic mass is 16.6. The van der Waals surface area contributed by atoms with Gasteiger partial charge in [0.1, 0.15) is 6.54 Å². The maximum Gasteiger partial charge on any atom is 0.273 e. The summed E-state index contributed by atoms with van der Waals surface area (Å²) in [5.41, 5.74) is 0.637. The Labute approximate surface area is 105 Å². The van der Waals surface area contributed by atoms with Crippen LogP contribution in [-0.2, 0) is 0 Å². The number of nitrogens with zero attached hydrogens (tertiary/aromatic N) is 3. The van der Waals surface area contributed by atoms with Crippen LogP contribution in [0.1, 0.15) is 22.8 Å². The molecule has 1 aromatic carbocycles. The zero-order chi connectivity index (χ0) is 13.7. The third kappa shape index (κ3) is 2.83. The summed E-state index contributed by atoms with van der Waals surface area (Å²) < 4.78 is 0. The maximum absolute atomic E-state index is 12.0. The first-order valence-corrected chi connectivity index (χ1v) is 5.42. The number of carbonyl (C=O) groups is 1. The molecule has 6 heteroatoms. The SMILES string of the molecule is CCN(CC#N)C(=O)c1ccc(C)c([N+](=O)[O-])c1. The van der Waals surface area contributed by atoms with Crippen LogP contribution in [-0.4, -0.2) is 28.8 Å². The number of aryl methyl sites for hydroxylation is 1. The summed E-state index contributed by atoms with van der Waals surface area (Å²) in [7, 11) is 0. The van der Waals surface area contributed by atoms with Crippen molar-refractivity contribution in [1.29, 1.82) is 5.26 Å². The quantitative estimate of drug-likeness (QED) is 0.461. The van der Waals surface area contributed by atoms with Gasteiger partial charge in [-0.05, 0) is 19.9 Å². The molecule has 0 bridgehead atoms. The minimum Gasteiger partial charge on any atom is -0.326 e. The number of hydrogen-bond donors (Lipinski definition) is 0. The first kappa shape index (κ1) is 13.6. The van der Waals surface area contributed by atoms with Crippen LogP contribution in [0.2, 0.25) is 0 Å². The van der Waals surface area contributed by atoms with Gasteiger partial charge in [0, 0.05) is 23.7 Å². The Morgan fingerprint density at radius 1 is 1.56 bits per heavy atom. The second-order valence-electron chi connectivity index (χ2n) is 3.74. The van der Waals surface area contributed by atoms with Gasteiger partial charge in [0.05, 0.1) is 11.0 Å². The van der Waals surface area contributed by atoms with Crippen LogP contribution >= 0.6 is 0 Å². The fourth-order valence-electron chi connectivity index (χ4n) is 1.53. The maximum atomic E-state index is 12.0. The van der Waals surface area contributed by atoms with Crippen LogP contribution in [0.25, 0.3) is 0 Å². The molecule has 0 heterocycles. The Morgan fingerprint density at radius 2 is 2.22 bits per heavy atom. The summed E-state index contributed by atoms with van der Waals surface area (Å²) in [6.45, 7) is 3.71. The molecule has 18 heavy (non-hydrogen) atoms. The zero-order valence-electron chi connectivity index (χ0n) is 10.2. The van der Waals surface area contributed by atoms with Crippen LogP contribution in [0.3, 0.4) is 0 Å². The first-order chi connectivity index (χ1) is 8.51. The molecule has 1 aromatic rings. The van der Waals surface area contributed by atoms with E-state index >= 15 is 0 Å². The van der Waals surface area contributed by atoms with Gasteiger partial charge in [-0.1, -0.05) is 6.07 Å². The number of nitro groups is 1. The van der Waals surface area contributed by atoms with Gasteiger partial charge in [0.25, 0.3) is 11.6 Å². The summed E-state index contributed by atoms with van der Waals surface area (Å²) in [5.74, 6) is -0.373. The highest BCUT2D eigenvalue weighted by Gasteiger charge is 2.18. The van der Waals surface area contributed by atoms with Crippen molar-refractivity contribution in [1.82, 2.24) is 4.90 Å². The number of amides is 1. The van der Waals surface area contributed by atoms with E-state index in [0.717, 1.165) is 0 Å². The molecule has 0 saturated heterocycles. The summed E-state index contributed by atoms with van der Waals surface area (Å²) >= 11 is 0. The lowest BCUT2D eigenvalue weighted by Gasteiger charge is -2.17. The Morgan fingerprint density at radius 3 is 2.72 bits per heavy atom. The normalized spacial score (nSPS) is 9.61. The summed E-state index contributed by atoms with van der Waals surface area (Å²) in [6, 6.07) is 6.20. The van der Waals surface area contributed by atoms with Gasteiger partial charge in [-0.2, -0.15) is 5.26 Å². The highest BCUT2D eigenvalue weighted by Crippen LogP contribution is 2.20. The lowest BCUT2D eigenvalue weighted by Crippen LogP contribution is -2.31. The molecular weight excluding hydrogens is 234 g/mol. The molecule has 0 spiro atoms. The van der Waals surface area contributed by atoms with Crippen molar-refractivity contribution in [2.45, 2.75) is 13.8 Å². The fourth-order valence-corrected chi connectivity index (χ4v) is 1.53. The number of hydrogen-bond acceptors (Lipinski definition) is 4. The summed E-state index contributed by atoms with van der Waals surface area (Å²) in [5, 5.41) is 19.4. The highest BCUT2D eigenvalue weighted by molar-refractivity contribution is 5.95. The third-order valence-electron chi connectivity index (χ3n) is 2.58. The molecule has 0 unspecified atom stereocenters. The minimum atomic E-state index is -0.521. The van der Waals surface area contributed by atoms with Crippen LogP contribution in [0, 0.1) is 28.4 Å². The van der Waals surface area contributed by atoms with E-state index in [9.17, 15) is 14.9 Å². The predicted molar refractivity (Wildman–Crippen MR) is 65.0 cm³/mol. The van der Waals surface area contributed by atoms with Crippen LogP contribution in [0.5, 0.6) is 0 Å². The van der Waals surface area contributed by atoms with Gasteiger partial charge < -0.3 is 4.90 Å². The van der Waals surface area contributed by atoms with Crippen molar-refractivity contribution in [3.05, 3.63) is 39.4 Å². The van der Waals surface area contributed by atoms with Crippen LogP contribution in [0.15, 0.2) is 18.2 Å². The Balaban J connectivity index is 3.11. The number of benzene rings is 1. The molecule has 0 saturated carbocycles. The molecule has 0 aromatic heterocycles. The molecule has 1 amide bonds. The lowest BCUT2D eigenvalue weighted by atomic mass is 10.1. The molecule has 6 nitrogen and oxygen atoms in total. The summed E-state index contributed by atoms with van der Waals surface area (Å²) in [4.78, 5) is 23.6. The second-order valence-corrected chi connectivity index (χ2v) is 3.74. The van der Waals surface area contributed by atoms with E-state index < -0.39 is 4.92 Å². The van der Waals surface area contributed by atoms with E-state index in [1.54, 1.807) is 13.8 Å². The molecule has 1 rings (SSSR count). The average Bonchev–Trinajstić information content (AvgIpc) is 2.35. The molecule has 0 fully saturated rings. The zero-order valence-corrected chi connectivity index (χ0v) is 10.2. The molecule has 94 valence electrons. The average molecular weight is 247 g/mol. The number of rotatable bonds is 4. The number of nitro benzene ring substituents is 1. The Kier molecular flexibility index (Phi) is 4.38. The van der Waals surface area contributed by atoms with Gasteiger partial charge in [0.2, 0.25) is 0 Å². The molecule has 0 aliphatic carbocycles. The van der Waals surface area contributed by atoms with Gasteiger partial charge in [-0.3, -0.25) is 14.9 Å². The van der Waals surface area contributed by atoms with E-state index in [0.29, 0.717) is 12.1 Å². The summed E-state index contributed by atoms with van der Waals surface area (Å²) in [6.07, 6.45) is 0. The van der Waals surface area contributed by atoms with Gasteiger partial charge >= 0.3 is 0 Å². The van der Waals surface area contributed by atoms with Crippen LogP contribution in [0.4, 0.5) is 5.69 Å². The van der Waals surface area contributed by atoms with Crippen molar-refractivity contribution in [3.63, 3.8) is 0 Å². The lowest BCUT2D eigenvalue weighted by molar-refractivity contribution is -0.385. The van der Waals surface area contributed by atoms with E-state index in [1.807, 2.05) is 6.07 Å². The van der Waals surface area contributed by atoms with Crippen LogP contribution < -0.4 is 0 Å². The first-order valence-electron chi connectivity index (χ1n) is 5.42. The molecule has 0 atom stereocenters. The van der Waals surface area contributed by atoms with Crippen molar-refractivity contribution in [3.8, 4) is 6.07 Å². The van der Waals surface area contributed by atoms with Gasteiger partial charge in [0.15, 0.2) is 0 Å². The Bertz CT molecular complexity index is 520. The third-order valence-corrected chi connectivity index (χ3v) is 2.58. The second kappa shape index (κ2) is 5.77. The van der Waals surface area contributed by atoms with E-state index in [2.05, 4.69) is 0 Å². The monoisotopic (exact) mass is 247 g/mol. The molecular formula is C12H13N3O3. The smallest absolute Gasteiger partial charge is 0.273 e. The largest absolute Gasteiger partial charge is 0.326 e. The van der Waals surface area contributed by atoms with Crippen molar-refractivity contribution in [2.75, 3.05) is 13.1 Å². The van der Waals surface area contributed by atoms with E-state index in [1.165, 1.54) is 23.1 Å². The minimum absolute atomic E-state index is 0.0307. The van der Waals surface area contributed by atoms with Gasteiger partial charge in [-0.25, -0.2) is 0 Å². The molecule has 0 aliphatic heterocycles. The standard InChI is InChI=1S/C12H13N3O3/c1-3-14(7-6-13)12(16)10-5-4-9(2)11(8-10)15(17)18/h4-5,8H,3,7H2,1-2H3. The van der Waals surface area contributed by atoms with Gasteiger partial charge in [-0.15, -0.1) is 0 Å². The number of carbonyl (C=O) groups excluding carboxylic acids is 1. The topological polar surface area (TPSA) is 87.2 Å². The van der Waals surface area contributed by atoms with Crippen molar-refractivity contribution < 1.29 is 9.72 Å². The van der Waals surface area contributed by atoms with Crippen molar-refractivity contribution >= 4 is 11.6 Å². The van der Waals surface area contributed by atoms with Crippen molar-refractivity contribution in [2.24, 2.45) is 0 Å². The Hall–Kier alpha value is -2.42. The van der Waals surface area contributed by atoms with E-state index in [-0.39, 0.29) is 23.7 Å². The molecule has 0 aliphatic rings. The van der Waals surface area contributed by atoms with E-state index in [4.69, 9.17) is 5.26 Å². The molecule has 0 radical (unpaired) electrons. The fraction of sp³-hybridized carbons (Fsp3) is 0.333. The predicted octanol–water partition coefficient (Wildman–Crippen LogP) is 1.89.